The molecule has 5 rings (SSSR count). The molecule has 1 aromatic heterocycles. The molecule has 2 amide bonds. The summed E-state index contributed by atoms with van der Waals surface area (Å²) >= 11 is 0. The number of rotatable bonds is 2. The largest absolute Gasteiger partial charge is 0.360 e. The number of hydrogen-bond donors (Lipinski definition) is 2. The molecule has 6 heteroatoms. The number of aryl methyl sites for hydroxylation is 1. The van der Waals surface area contributed by atoms with Crippen molar-refractivity contribution < 1.29 is 14.1 Å². The Hall–Kier alpha value is -1.85. The summed E-state index contributed by atoms with van der Waals surface area (Å²) in [5.74, 6) is 3.56. The molecular formula is C23H33N3O3. The van der Waals surface area contributed by atoms with Crippen LogP contribution in [0, 0.1) is 41.4 Å². The molecule has 0 unspecified atom stereocenters. The van der Waals surface area contributed by atoms with E-state index in [1.54, 1.807) is 6.07 Å². The van der Waals surface area contributed by atoms with E-state index in [0.29, 0.717) is 41.8 Å². The fraction of sp³-hybridized carbons (Fsp3) is 0.783. The molecule has 2 N–H and O–H groups in total. The average molecular weight is 400 g/mol. The molecule has 0 bridgehead atoms. The highest BCUT2D eigenvalue weighted by Gasteiger charge is 2.61. The molecule has 4 aliphatic rings. The van der Waals surface area contributed by atoms with Gasteiger partial charge in [-0.15, -0.1) is 0 Å². The monoisotopic (exact) mass is 399 g/mol. The first kappa shape index (κ1) is 19.1. The Morgan fingerprint density at radius 2 is 1.93 bits per heavy atom. The zero-order valence-electron chi connectivity index (χ0n) is 17.8. The predicted octanol–water partition coefficient (Wildman–Crippen LogP) is 4.06. The Labute approximate surface area is 172 Å². The normalized spacial score (nSPS) is 43.7. The Morgan fingerprint density at radius 3 is 2.69 bits per heavy atom. The van der Waals surface area contributed by atoms with Gasteiger partial charge in [-0.1, -0.05) is 19.0 Å². The van der Waals surface area contributed by atoms with Gasteiger partial charge in [0.25, 0.3) is 0 Å². The van der Waals surface area contributed by atoms with Crippen molar-refractivity contribution in [3.63, 3.8) is 0 Å². The third-order valence-electron chi connectivity index (χ3n) is 9.29. The number of nitrogens with zero attached hydrogens (tertiary/aromatic N) is 1. The summed E-state index contributed by atoms with van der Waals surface area (Å²) in [4.78, 5) is 25.1. The lowest BCUT2D eigenvalue weighted by atomic mass is 9.47. The number of fused-ring (bicyclic) bond motifs is 5. The Balaban J connectivity index is 1.35. The SMILES string of the molecule is Cc1cc(NC(=O)[C@H]2CC[C@H]3[C@@H]4CC[C@H]5NC(=O)CC[C@]5(C)[C@H]4CC[C@]23C)no1. The van der Waals surface area contributed by atoms with Crippen LogP contribution in [0.4, 0.5) is 5.82 Å². The van der Waals surface area contributed by atoms with Gasteiger partial charge in [0.05, 0.1) is 0 Å². The zero-order valence-corrected chi connectivity index (χ0v) is 17.8. The molecule has 2 heterocycles. The first-order valence-corrected chi connectivity index (χ1v) is 11.3. The van der Waals surface area contributed by atoms with Gasteiger partial charge in [0.2, 0.25) is 11.8 Å². The summed E-state index contributed by atoms with van der Waals surface area (Å²) in [6, 6.07) is 2.12. The van der Waals surface area contributed by atoms with Crippen molar-refractivity contribution in [3.05, 3.63) is 11.8 Å². The second-order valence-electron chi connectivity index (χ2n) is 10.6. The molecule has 0 radical (unpaired) electrons. The van der Waals surface area contributed by atoms with Gasteiger partial charge in [-0.25, -0.2) is 0 Å². The summed E-state index contributed by atoms with van der Waals surface area (Å²) in [5, 5.41) is 10.2. The molecule has 1 aliphatic heterocycles. The van der Waals surface area contributed by atoms with Crippen LogP contribution in [0.15, 0.2) is 10.6 Å². The van der Waals surface area contributed by atoms with Gasteiger partial charge in [-0.05, 0) is 80.5 Å². The fourth-order valence-electron chi connectivity index (χ4n) is 7.77. The number of piperidine rings is 1. The molecule has 3 saturated carbocycles. The lowest BCUT2D eigenvalue weighted by molar-refractivity contribution is -0.140. The molecule has 0 spiro atoms. The highest BCUT2D eigenvalue weighted by Crippen LogP contribution is 2.65. The second-order valence-corrected chi connectivity index (χ2v) is 10.6. The Bertz CT molecular complexity index is 835. The van der Waals surface area contributed by atoms with Crippen molar-refractivity contribution in [3.8, 4) is 0 Å². The van der Waals surface area contributed by atoms with Crippen LogP contribution in [0.1, 0.15) is 71.0 Å². The van der Waals surface area contributed by atoms with Crippen LogP contribution in [0.5, 0.6) is 0 Å². The predicted molar refractivity (Wildman–Crippen MR) is 109 cm³/mol. The van der Waals surface area contributed by atoms with Gasteiger partial charge in [-0.2, -0.15) is 0 Å². The van der Waals surface area contributed by atoms with E-state index in [4.69, 9.17) is 4.52 Å². The quantitative estimate of drug-likeness (QED) is 0.785. The lowest BCUT2D eigenvalue weighted by Crippen LogP contribution is -2.61. The maximum Gasteiger partial charge on any atom is 0.229 e. The summed E-state index contributed by atoms with van der Waals surface area (Å²) in [6.45, 7) is 6.61. The number of amides is 2. The summed E-state index contributed by atoms with van der Waals surface area (Å²) < 4.78 is 5.10. The van der Waals surface area contributed by atoms with Crippen LogP contribution in [0.25, 0.3) is 0 Å². The van der Waals surface area contributed by atoms with Crippen molar-refractivity contribution in [1.82, 2.24) is 10.5 Å². The van der Waals surface area contributed by atoms with Crippen molar-refractivity contribution in [2.75, 3.05) is 5.32 Å². The number of carbonyl (C=O) groups is 2. The Kier molecular flexibility index (Phi) is 4.34. The van der Waals surface area contributed by atoms with E-state index < -0.39 is 0 Å². The first-order valence-electron chi connectivity index (χ1n) is 11.3. The van der Waals surface area contributed by atoms with Crippen LogP contribution in [0.2, 0.25) is 0 Å². The minimum Gasteiger partial charge on any atom is -0.360 e. The minimum absolute atomic E-state index is 0.0436. The standard InChI is InChI=1S/C23H33N3O3/c1-13-12-19(26-29-13)25-21(28)17-6-5-15-14-4-7-18-23(3,11-9-20(27)24-18)16(14)8-10-22(15,17)2/h12,14-18H,4-11H2,1-3H3,(H,24,27)(H,25,26,28)/t14-,15-,16-,17+,18+,22-,23+/m0/s1. The van der Waals surface area contributed by atoms with Crippen LogP contribution in [-0.4, -0.2) is 23.0 Å². The van der Waals surface area contributed by atoms with Gasteiger partial charge >= 0.3 is 0 Å². The molecule has 1 saturated heterocycles. The molecule has 6 nitrogen and oxygen atoms in total. The number of hydrogen-bond acceptors (Lipinski definition) is 4. The van der Waals surface area contributed by atoms with Crippen LogP contribution in [-0.2, 0) is 9.59 Å². The second kappa shape index (κ2) is 6.58. The van der Waals surface area contributed by atoms with E-state index in [1.807, 2.05) is 6.92 Å². The van der Waals surface area contributed by atoms with E-state index in [9.17, 15) is 9.59 Å². The summed E-state index contributed by atoms with van der Waals surface area (Å²) in [7, 11) is 0. The topological polar surface area (TPSA) is 84.2 Å². The maximum absolute atomic E-state index is 13.1. The summed E-state index contributed by atoms with van der Waals surface area (Å²) in [5.41, 5.74) is 0.280. The van der Waals surface area contributed by atoms with Crippen molar-refractivity contribution in [2.24, 2.45) is 34.5 Å². The number of anilines is 1. The number of nitrogens with one attached hydrogen (secondary N) is 2. The van der Waals surface area contributed by atoms with Gasteiger partial charge in [0.15, 0.2) is 5.82 Å². The fourth-order valence-corrected chi connectivity index (χ4v) is 7.77. The van der Waals surface area contributed by atoms with Gasteiger partial charge in [-0.3, -0.25) is 9.59 Å². The number of aromatic nitrogens is 1. The molecule has 29 heavy (non-hydrogen) atoms. The lowest BCUT2D eigenvalue weighted by Gasteiger charge is -2.60. The van der Waals surface area contributed by atoms with Crippen LogP contribution < -0.4 is 10.6 Å². The molecule has 3 aliphatic carbocycles. The van der Waals surface area contributed by atoms with E-state index in [1.165, 1.54) is 12.8 Å². The van der Waals surface area contributed by atoms with Crippen molar-refractivity contribution in [1.29, 1.82) is 0 Å². The van der Waals surface area contributed by atoms with Gasteiger partial charge in [0, 0.05) is 24.4 Å². The van der Waals surface area contributed by atoms with E-state index >= 15 is 0 Å². The zero-order chi connectivity index (χ0) is 20.4. The van der Waals surface area contributed by atoms with Gasteiger partial charge < -0.3 is 15.2 Å². The first-order chi connectivity index (χ1) is 13.8. The molecule has 1 aromatic rings. The number of carbonyl (C=O) groups excluding carboxylic acids is 2. The minimum atomic E-state index is 0.0436. The van der Waals surface area contributed by atoms with Gasteiger partial charge in [0.1, 0.15) is 5.76 Å². The summed E-state index contributed by atoms with van der Waals surface area (Å²) in [6.07, 6.45) is 8.33. The highest BCUT2D eigenvalue weighted by atomic mass is 16.5. The van der Waals surface area contributed by atoms with Crippen molar-refractivity contribution in [2.45, 2.75) is 78.2 Å². The van der Waals surface area contributed by atoms with E-state index in [2.05, 4.69) is 29.6 Å². The average Bonchev–Trinajstić information content (AvgIpc) is 3.24. The molecule has 158 valence electrons. The Morgan fingerprint density at radius 1 is 1.14 bits per heavy atom. The van der Waals surface area contributed by atoms with Crippen LogP contribution in [0.3, 0.4) is 0 Å². The molecular weight excluding hydrogens is 366 g/mol. The smallest absolute Gasteiger partial charge is 0.229 e. The van der Waals surface area contributed by atoms with Crippen LogP contribution >= 0.6 is 0 Å². The molecule has 4 fully saturated rings. The van der Waals surface area contributed by atoms with E-state index in [-0.39, 0.29) is 28.6 Å². The van der Waals surface area contributed by atoms with Crippen molar-refractivity contribution >= 4 is 17.6 Å². The van der Waals surface area contributed by atoms with E-state index in [0.717, 1.165) is 32.1 Å². The maximum atomic E-state index is 13.1. The third-order valence-corrected chi connectivity index (χ3v) is 9.29. The third kappa shape index (κ3) is 2.85. The molecule has 7 atom stereocenters. The molecule has 0 aromatic carbocycles. The highest BCUT2D eigenvalue weighted by molar-refractivity contribution is 5.92.